The second kappa shape index (κ2) is 10.2. The van der Waals surface area contributed by atoms with Gasteiger partial charge in [0.05, 0.1) is 0 Å². The van der Waals surface area contributed by atoms with Gasteiger partial charge in [-0.05, 0) is 24.3 Å². The molecule has 118 valence electrons. The van der Waals surface area contributed by atoms with Crippen LogP contribution in [0.4, 0.5) is 5.69 Å². The van der Waals surface area contributed by atoms with E-state index in [0.717, 1.165) is 22.9 Å². The molecule has 1 unspecified atom stereocenters. The summed E-state index contributed by atoms with van der Waals surface area (Å²) in [6.07, 6.45) is 0.586. The summed E-state index contributed by atoms with van der Waals surface area (Å²) in [6.45, 7) is 0.998. The van der Waals surface area contributed by atoms with Crippen molar-refractivity contribution in [2.45, 2.75) is 11.7 Å². The standard InChI is InChI=1S/C14H20N2O2S2.ClH/c15-5-6-18-12-3-1-11(2-4-12)16-14(17)9-13-10-19-7-8-20-13;/h1-4,13H,5-10,15H2,(H,16,17);1H. The molecule has 1 aromatic carbocycles. The number of anilines is 1. The normalized spacial score (nSPS) is 17.7. The van der Waals surface area contributed by atoms with Crippen molar-refractivity contribution < 1.29 is 9.53 Å². The Morgan fingerprint density at radius 1 is 1.33 bits per heavy atom. The predicted molar refractivity (Wildman–Crippen MR) is 95.1 cm³/mol. The summed E-state index contributed by atoms with van der Waals surface area (Å²) in [5, 5.41) is 3.38. The molecule has 1 saturated heterocycles. The number of amides is 1. The molecule has 0 aromatic heterocycles. The molecule has 1 aliphatic rings. The largest absolute Gasteiger partial charge is 0.492 e. The lowest BCUT2D eigenvalue weighted by Crippen LogP contribution is -2.22. The Bertz CT molecular complexity index is 425. The highest BCUT2D eigenvalue weighted by Crippen LogP contribution is 2.26. The minimum Gasteiger partial charge on any atom is -0.492 e. The Morgan fingerprint density at radius 2 is 2.10 bits per heavy atom. The number of halogens is 1. The Morgan fingerprint density at radius 3 is 2.71 bits per heavy atom. The van der Waals surface area contributed by atoms with E-state index in [0.29, 0.717) is 24.8 Å². The number of nitrogens with two attached hydrogens (primary N) is 1. The topological polar surface area (TPSA) is 64.3 Å². The SMILES string of the molecule is Cl.NCCOc1ccc(NC(=O)CC2CSCCS2)cc1. The third-order valence-corrected chi connectivity index (χ3v) is 5.67. The van der Waals surface area contributed by atoms with Gasteiger partial charge in [-0.1, -0.05) is 0 Å². The first kappa shape index (κ1) is 18.5. The summed E-state index contributed by atoms with van der Waals surface area (Å²) >= 11 is 3.83. The van der Waals surface area contributed by atoms with Gasteiger partial charge in [0.15, 0.2) is 0 Å². The number of ether oxygens (including phenoxy) is 1. The molecular formula is C14H21ClN2O2S2. The highest BCUT2D eigenvalue weighted by molar-refractivity contribution is 8.06. The fraction of sp³-hybridized carbons (Fsp3) is 0.500. The lowest BCUT2D eigenvalue weighted by Gasteiger charge is -2.20. The van der Waals surface area contributed by atoms with Gasteiger partial charge in [0.1, 0.15) is 12.4 Å². The quantitative estimate of drug-likeness (QED) is 0.827. The first-order valence-corrected chi connectivity index (χ1v) is 8.90. The molecule has 1 amide bonds. The van der Waals surface area contributed by atoms with E-state index >= 15 is 0 Å². The van der Waals surface area contributed by atoms with Crippen molar-refractivity contribution >= 4 is 47.5 Å². The van der Waals surface area contributed by atoms with Crippen molar-refractivity contribution in [3.05, 3.63) is 24.3 Å². The first-order valence-electron chi connectivity index (χ1n) is 6.70. The summed E-state index contributed by atoms with van der Waals surface area (Å²) in [4.78, 5) is 12.0. The average Bonchev–Trinajstić information content (AvgIpc) is 2.47. The van der Waals surface area contributed by atoms with E-state index in [9.17, 15) is 4.79 Å². The predicted octanol–water partition coefficient (Wildman–Crippen LogP) is 2.62. The Balaban J connectivity index is 0.00000220. The zero-order valence-electron chi connectivity index (χ0n) is 11.7. The second-order valence-electron chi connectivity index (χ2n) is 4.48. The molecule has 1 heterocycles. The summed E-state index contributed by atoms with van der Waals surface area (Å²) in [7, 11) is 0. The van der Waals surface area contributed by atoms with Crippen LogP contribution in [0.1, 0.15) is 6.42 Å². The number of thioether (sulfide) groups is 2. The van der Waals surface area contributed by atoms with E-state index in [4.69, 9.17) is 10.5 Å². The van der Waals surface area contributed by atoms with Gasteiger partial charge in [-0.25, -0.2) is 0 Å². The number of hydrogen-bond donors (Lipinski definition) is 2. The maximum Gasteiger partial charge on any atom is 0.225 e. The molecule has 3 N–H and O–H groups in total. The third kappa shape index (κ3) is 6.82. The molecule has 4 nitrogen and oxygen atoms in total. The number of hydrogen-bond acceptors (Lipinski definition) is 5. The third-order valence-electron chi connectivity index (χ3n) is 2.82. The van der Waals surface area contributed by atoms with Crippen LogP contribution in [0.2, 0.25) is 0 Å². The summed E-state index contributed by atoms with van der Waals surface area (Å²) in [5.74, 6) is 4.28. The maximum atomic E-state index is 12.0. The molecule has 1 aromatic rings. The lowest BCUT2D eigenvalue weighted by molar-refractivity contribution is -0.116. The van der Waals surface area contributed by atoms with Gasteiger partial charge in [-0.2, -0.15) is 23.5 Å². The number of carbonyl (C=O) groups excluding carboxylic acids is 1. The highest BCUT2D eigenvalue weighted by Gasteiger charge is 2.17. The molecule has 7 heteroatoms. The molecule has 0 aliphatic carbocycles. The van der Waals surface area contributed by atoms with Crippen molar-refractivity contribution in [3.63, 3.8) is 0 Å². The van der Waals surface area contributed by atoms with Crippen molar-refractivity contribution in [2.24, 2.45) is 5.73 Å². The molecule has 2 rings (SSSR count). The van der Waals surface area contributed by atoms with Crippen LogP contribution in [0, 0.1) is 0 Å². The van der Waals surface area contributed by atoms with E-state index < -0.39 is 0 Å². The van der Waals surface area contributed by atoms with Gasteiger partial charge in [0.2, 0.25) is 5.91 Å². The molecule has 0 spiro atoms. The van der Waals surface area contributed by atoms with Gasteiger partial charge in [-0.3, -0.25) is 4.79 Å². The number of nitrogens with one attached hydrogen (secondary N) is 1. The van der Waals surface area contributed by atoms with Gasteiger partial charge >= 0.3 is 0 Å². The van der Waals surface area contributed by atoms with Gasteiger partial charge in [-0.15, -0.1) is 12.4 Å². The Kier molecular flexibility index (Phi) is 8.99. The number of rotatable bonds is 6. The molecular weight excluding hydrogens is 328 g/mol. The van der Waals surface area contributed by atoms with Crippen molar-refractivity contribution in [1.29, 1.82) is 0 Å². The Hall–Kier alpha value is -0.560. The second-order valence-corrected chi connectivity index (χ2v) is 7.04. The minimum absolute atomic E-state index is 0. The number of carbonyl (C=O) groups is 1. The van der Waals surface area contributed by atoms with Crippen LogP contribution in [0.5, 0.6) is 5.75 Å². The van der Waals surface area contributed by atoms with Gasteiger partial charge < -0.3 is 15.8 Å². The Labute approximate surface area is 140 Å². The first-order chi connectivity index (χ1) is 9.78. The van der Waals surface area contributed by atoms with Crippen LogP contribution >= 0.6 is 35.9 Å². The zero-order chi connectivity index (χ0) is 14.2. The molecule has 0 saturated carbocycles. The van der Waals surface area contributed by atoms with Crippen molar-refractivity contribution in [3.8, 4) is 5.75 Å². The lowest BCUT2D eigenvalue weighted by atomic mass is 10.2. The van der Waals surface area contributed by atoms with Crippen molar-refractivity contribution in [2.75, 3.05) is 35.7 Å². The fourth-order valence-electron chi connectivity index (χ4n) is 1.88. The van der Waals surface area contributed by atoms with Crippen LogP contribution in [0.3, 0.4) is 0 Å². The van der Waals surface area contributed by atoms with Crippen LogP contribution in [-0.4, -0.2) is 41.6 Å². The van der Waals surface area contributed by atoms with E-state index in [1.54, 1.807) is 0 Å². The maximum absolute atomic E-state index is 12.0. The van der Waals surface area contributed by atoms with Crippen LogP contribution in [0.15, 0.2) is 24.3 Å². The van der Waals surface area contributed by atoms with E-state index in [1.807, 2.05) is 47.8 Å². The van der Waals surface area contributed by atoms with Crippen LogP contribution < -0.4 is 15.8 Å². The summed E-state index contributed by atoms with van der Waals surface area (Å²) in [5.41, 5.74) is 6.18. The summed E-state index contributed by atoms with van der Waals surface area (Å²) in [6, 6.07) is 7.39. The minimum atomic E-state index is 0. The highest BCUT2D eigenvalue weighted by atomic mass is 35.5. The smallest absolute Gasteiger partial charge is 0.225 e. The van der Waals surface area contributed by atoms with Crippen molar-refractivity contribution in [1.82, 2.24) is 0 Å². The van der Waals surface area contributed by atoms with Gasteiger partial charge in [0, 0.05) is 41.2 Å². The monoisotopic (exact) mass is 348 g/mol. The van der Waals surface area contributed by atoms with Crippen LogP contribution in [0.25, 0.3) is 0 Å². The molecule has 1 fully saturated rings. The molecule has 1 aliphatic heterocycles. The van der Waals surface area contributed by atoms with Crippen LogP contribution in [-0.2, 0) is 4.79 Å². The molecule has 21 heavy (non-hydrogen) atoms. The zero-order valence-corrected chi connectivity index (χ0v) is 14.2. The average molecular weight is 349 g/mol. The summed E-state index contributed by atoms with van der Waals surface area (Å²) < 4.78 is 5.39. The van der Waals surface area contributed by atoms with E-state index in [2.05, 4.69) is 5.32 Å². The van der Waals surface area contributed by atoms with Gasteiger partial charge in [0.25, 0.3) is 0 Å². The molecule has 0 bridgehead atoms. The molecule has 0 radical (unpaired) electrons. The fourth-order valence-corrected chi connectivity index (χ4v) is 4.56. The van der Waals surface area contributed by atoms with E-state index in [1.165, 1.54) is 5.75 Å². The van der Waals surface area contributed by atoms with E-state index in [-0.39, 0.29) is 18.3 Å². The molecule has 1 atom stereocenters. The number of benzene rings is 1.